The van der Waals surface area contributed by atoms with Crippen molar-refractivity contribution >= 4 is 35.2 Å². The lowest BCUT2D eigenvalue weighted by Gasteiger charge is -2.11. The van der Waals surface area contributed by atoms with E-state index >= 15 is 0 Å². The van der Waals surface area contributed by atoms with E-state index in [1.807, 2.05) is 0 Å². The minimum atomic E-state index is -0.591. The third-order valence-electron chi connectivity index (χ3n) is 4.32. The van der Waals surface area contributed by atoms with Crippen LogP contribution in [-0.2, 0) is 4.79 Å². The van der Waals surface area contributed by atoms with Crippen molar-refractivity contribution in [1.82, 2.24) is 0 Å². The first-order valence-electron chi connectivity index (χ1n) is 8.85. The van der Waals surface area contributed by atoms with Crippen LogP contribution in [0.2, 0.25) is 5.02 Å². The molecule has 2 aromatic rings. The average Bonchev–Trinajstić information content (AvgIpc) is 3.16. The number of nitrogens with two attached hydrogens (primary N) is 2. The number of ether oxygens (including phenoxy) is 2. The van der Waals surface area contributed by atoms with E-state index in [-0.39, 0.29) is 29.3 Å². The Morgan fingerprint density at radius 2 is 1.57 bits per heavy atom. The fraction of sp³-hybridized carbons (Fsp3) is 0.250. The SMILES string of the molecule is NC(N)=Nc1ccc(C(=O)Oc2cc(Cl)cc(OC(=O)C3CCCC3)c2)cc1. The van der Waals surface area contributed by atoms with Gasteiger partial charge in [0.05, 0.1) is 17.2 Å². The van der Waals surface area contributed by atoms with Crippen molar-refractivity contribution in [2.45, 2.75) is 25.7 Å². The van der Waals surface area contributed by atoms with Gasteiger partial charge in [-0.3, -0.25) is 4.79 Å². The lowest BCUT2D eigenvalue weighted by molar-refractivity contribution is -0.138. The lowest BCUT2D eigenvalue weighted by atomic mass is 10.1. The first-order chi connectivity index (χ1) is 13.4. The van der Waals surface area contributed by atoms with E-state index < -0.39 is 5.97 Å². The summed E-state index contributed by atoms with van der Waals surface area (Å²) in [7, 11) is 0. The predicted octanol–water partition coefficient (Wildman–Crippen LogP) is 3.56. The van der Waals surface area contributed by atoms with Crippen LogP contribution in [0.4, 0.5) is 5.69 Å². The highest BCUT2D eigenvalue weighted by atomic mass is 35.5. The maximum atomic E-state index is 12.3. The van der Waals surface area contributed by atoms with Crippen molar-refractivity contribution in [3.05, 3.63) is 53.1 Å². The largest absolute Gasteiger partial charge is 0.426 e. The summed E-state index contributed by atoms with van der Waals surface area (Å²) in [6.07, 6.45) is 3.72. The molecule has 4 N–H and O–H groups in total. The Balaban J connectivity index is 1.69. The van der Waals surface area contributed by atoms with Crippen LogP contribution in [-0.4, -0.2) is 17.9 Å². The molecule has 0 bridgehead atoms. The van der Waals surface area contributed by atoms with Crippen molar-refractivity contribution in [1.29, 1.82) is 0 Å². The van der Waals surface area contributed by atoms with Crippen LogP contribution < -0.4 is 20.9 Å². The normalized spacial score (nSPS) is 13.8. The van der Waals surface area contributed by atoms with Gasteiger partial charge >= 0.3 is 11.9 Å². The average molecular weight is 402 g/mol. The number of aliphatic imine (C=N–C) groups is 1. The molecule has 146 valence electrons. The van der Waals surface area contributed by atoms with E-state index in [0.29, 0.717) is 16.3 Å². The monoisotopic (exact) mass is 401 g/mol. The molecule has 1 saturated carbocycles. The number of halogens is 1. The Morgan fingerprint density at radius 1 is 0.964 bits per heavy atom. The molecule has 1 fully saturated rings. The van der Waals surface area contributed by atoms with Crippen LogP contribution in [0.3, 0.4) is 0 Å². The molecule has 7 nitrogen and oxygen atoms in total. The number of carbonyl (C=O) groups is 2. The zero-order valence-electron chi connectivity index (χ0n) is 15.1. The van der Waals surface area contributed by atoms with Gasteiger partial charge in [-0.05, 0) is 49.2 Å². The first kappa shape index (κ1) is 19.7. The molecule has 0 spiro atoms. The molecular weight excluding hydrogens is 382 g/mol. The first-order valence-corrected chi connectivity index (χ1v) is 9.22. The maximum Gasteiger partial charge on any atom is 0.343 e. The van der Waals surface area contributed by atoms with Crippen molar-refractivity contribution < 1.29 is 19.1 Å². The number of benzene rings is 2. The summed E-state index contributed by atoms with van der Waals surface area (Å²) in [6.45, 7) is 0. The fourth-order valence-electron chi connectivity index (χ4n) is 3.00. The fourth-order valence-corrected chi connectivity index (χ4v) is 3.22. The second-order valence-corrected chi connectivity index (χ2v) is 6.93. The van der Waals surface area contributed by atoms with Crippen LogP contribution in [0.5, 0.6) is 11.5 Å². The Morgan fingerprint density at radius 3 is 2.18 bits per heavy atom. The van der Waals surface area contributed by atoms with Gasteiger partial charge < -0.3 is 20.9 Å². The molecule has 0 saturated heterocycles. The summed E-state index contributed by atoms with van der Waals surface area (Å²) in [5, 5.41) is 0.294. The van der Waals surface area contributed by atoms with E-state index in [4.69, 9.17) is 32.5 Å². The van der Waals surface area contributed by atoms with E-state index in [2.05, 4.69) is 4.99 Å². The lowest BCUT2D eigenvalue weighted by Crippen LogP contribution is -2.21. The molecule has 0 aliphatic heterocycles. The molecule has 28 heavy (non-hydrogen) atoms. The highest BCUT2D eigenvalue weighted by molar-refractivity contribution is 6.30. The van der Waals surface area contributed by atoms with Gasteiger partial charge in [0.25, 0.3) is 0 Å². The van der Waals surface area contributed by atoms with Crippen molar-refractivity contribution in [3.63, 3.8) is 0 Å². The second kappa shape index (κ2) is 8.75. The zero-order valence-corrected chi connectivity index (χ0v) is 15.8. The predicted molar refractivity (Wildman–Crippen MR) is 106 cm³/mol. The molecule has 0 heterocycles. The summed E-state index contributed by atoms with van der Waals surface area (Å²) in [6, 6.07) is 10.7. The van der Waals surface area contributed by atoms with Crippen LogP contribution >= 0.6 is 11.6 Å². The van der Waals surface area contributed by atoms with E-state index in [9.17, 15) is 9.59 Å². The summed E-state index contributed by atoms with van der Waals surface area (Å²) < 4.78 is 10.8. The number of rotatable bonds is 5. The second-order valence-electron chi connectivity index (χ2n) is 6.50. The van der Waals surface area contributed by atoms with Crippen molar-refractivity contribution in [3.8, 4) is 11.5 Å². The standard InChI is InChI=1S/C20H20ClN3O4/c21-14-9-16(27-18(25)12-3-1-2-4-12)11-17(10-14)28-19(26)13-5-7-15(8-6-13)24-20(22)23/h5-12H,1-4H2,(H4,22,23,24). The molecule has 3 rings (SSSR count). The molecule has 0 unspecified atom stereocenters. The van der Waals surface area contributed by atoms with E-state index in [1.54, 1.807) is 12.1 Å². The number of carbonyl (C=O) groups excluding carboxylic acids is 2. The third kappa shape index (κ3) is 5.23. The van der Waals surface area contributed by atoms with Gasteiger partial charge in [0, 0.05) is 11.1 Å². The summed E-state index contributed by atoms with van der Waals surface area (Å²) in [4.78, 5) is 28.4. The van der Waals surface area contributed by atoms with E-state index in [0.717, 1.165) is 25.7 Å². The number of hydrogen-bond acceptors (Lipinski definition) is 5. The van der Waals surface area contributed by atoms with Gasteiger partial charge in [-0.2, -0.15) is 0 Å². The number of guanidine groups is 1. The summed E-state index contributed by atoms with van der Waals surface area (Å²) in [5.74, 6) is -0.614. The van der Waals surface area contributed by atoms with Gasteiger partial charge in [-0.1, -0.05) is 24.4 Å². The molecule has 8 heteroatoms. The van der Waals surface area contributed by atoms with E-state index in [1.165, 1.54) is 30.3 Å². The molecule has 0 radical (unpaired) electrons. The minimum absolute atomic E-state index is 0.0751. The van der Waals surface area contributed by atoms with Crippen LogP contribution in [0.1, 0.15) is 36.0 Å². The molecule has 0 aromatic heterocycles. The van der Waals surface area contributed by atoms with Crippen molar-refractivity contribution in [2.24, 2.45) is 22.4 Å². The van der Waals surface area contributed by atoms with Gasteiger partial charge in [-0.15, -0.1) is 0 Å². The quantitative estimate of drug-likeness (QED) is 0.342. The van der Waals surface area contributed by atoms with Gasteiger partial charge in [0.15, 0.2) is 5.96 Å². The Bertz CT molecular complexity index is 902. The third-order valence-corrected chi connectivity index (χ3v) is 4.54. The smallest absolute Gasteiger partial charge is 0.343 e. The molecular formula is C20H20ClN3O4. The van der Waals surface area contributed by atoms with Gasteiger partial charge in [0.1, 0.15) is 11.5 Å². The molecule has 2 aromatic carbocycles. The van der Waals surface area contributed by atoms with Crippen molar-refractivity contribution in [2.75, 3.05) is 0 Å². The zero-order chi connectivity index (χ0) is 20.1. The van der Waals surface area contributed by atoms with Crippen LogP contribution in [0.25, 0.3) is 0 Å². The number of nitrogens with zero attached hydrogens (tertiary/aromatic N) is 1. The number of hydrogen-bond donors (Lipinski definition) is 2. The van der Waals surface area contributed by atoms with Crippen LogP contribution in [0, 0.1) is 5.92 Å². The number of esters is 2. The molecule has 0 amide bonds. The Kier molecular flexibility index (Phi) is 6.16. The molecule has 0 atom stereocenters. The Labute approximate surface area is 167 Å². The van der Waals surface area contributed by atoms with Gasteiger partial charge in [-0.25, -0.2) is 9.79 Å². The van der Waals surface area contributed by atoms with Crippen LogP contribution in [0.15, 0.2) is 47.5 Å². The minimum Gasteiger partial charge on any atom is -0.426 e. The Hall–Kier alpha value is -3.06. The highest BCUT2D eigenvalue weighted by Gasteiger charge is 2.25. The summed E-state index contributed by atoms with van der Waals surface area (Å²) in [5.41, 5.74) is 11.4. The summed E-state index contributed by atoms with van der Waals surface area (Å²) >= 11 is 6.07. The molecule has 1 aliphatic rings. The molecule has 1 aliphatic carbocycles. The topological polar surface area (TPSA) is 117 Å². The van der Waals surface area contributed by atoms with Gasteiger partial charge in [0.2, 0.25) is 0 Å². The highest BCUT2D eigenvalue weighted by Crippen LogP contribution is 2.30. The maximum absolute atomic E-state index is 12.3.